The number of aromatic nitrogens is 1. The molecule has 1 fully saturated rings. The minimum Gasteiger partial charge on any atom is -0.366 e. The molecular formula is C11H19N3O2S. The number of H-pyrrole nitrogens is 1. The van der Waals surface area contributed by atoms with Crippen LogP contribution in [0.15, 0.2) is 23.4 Å². The minimum atomic E-state index is -3.34. The first-order valence-electron chi connectivity index (χ1n) is 5.88. The summed E-state index contributed by atoms with van der Waals surface area (Å²) in [7, 11) is -3.34. The lowest BCUT2D eigenvalue weighted by molar-refractivity contribution is 0.203. The number of hydrogen-bond acceptors (Lipinski definition) is 3. The SMILES string of the molecule is CC1CCN(S(=O)(=O)c2cc[nH]c2)CC1CN. The van der Waals surface area contributed by atoms with Gasteiger partial charge < -0.3 is 10.7 Å². The number of nitrogens with one attached hydrogen (secondary N) is 1. The van der Waals surface area contributed by atoms with Crippen molar-refractivity contribution in [1.29, 1.82) is 0 Å². The molecule has 1 saturated heterocycles. The number of nitrogens with two attached hydrogens (primary N) is 1. The molecule has 0 aliphatic carbocycles. The monoisotopic (exact) mass is 257 g/mol. The van der Waals surface area contributed by atoms with Crippen LogP contribution in [0.25, 0.3) is 0 Å². The third kappa shape index (κ3) is 2.38. The van der Waals surface area contributed by atoms with Gasteiger partial charge in [-0.1, -0.05) is 6.92 Å². The molecule has 0 bridgehead atoms. The predicted octanol–water partition coefficient (Wildman–Crippen LogP) is 0.620. The van der Waals surface area contributed by atoms with E-state index in [0.29, 0.717) is 30.4 Å². The summed E-state index contributed by atoms with van der Waals surface area (Å²) in [4.78, 5) is 3.11. The summed E-state index contributed by atoms with van der Waals surface area (Å²) >= 11 is 0. The van der Waals surface area contributed by atoms with Crippen molar-refractivity contribution in [1.82, 2.24) is 9.29 Å². The molecular weight excluding hydrogens is 238 g/mol. The molecule has 2 atom stereocenters. The second kappa shape index (κ2) is 4.80. The highest BCUT2D eigenvalue weighted by molar-refractivity contribution is 7.89. The highest BCUT2D eigenvalue weighted by Gasteiger charge is 2.33. The fourth-order valence-corrected chi connectivity index (χ4v) is 3.75. The third-order valence-corrected chi connectivity index (χ3v) is 5.45. The van der Waals surface area contributed by atoms with Crippen LogP contribution in [0.3, 0.4) is 0 Å². The van der Waals surface area contributed by atoms with Crippen molar-refractivity contribution in [3.63, 3.8) is 0 Å². The first kappa shape index (κ1) is 12.6. The van der Waals surface area contributed by atoms with Gasteiger partial charge >= 0.3 is 0 Å². The quantitative estimate of drug-likeness (QED) is 0.833. The van der Waals surface area contributed by atoms with E-state index in [4.69, 9.17) is 5.73 Å². The Hall–Kier alpha value is -0.850. The summed E-state index contributed by atoms with van der Waals surface area (Å²) in [5.41, 5.74) is 5.69. The van der Waals surface area contributed by atoms with Crippen molar-refractivity contribution >= 4 is 10.0 Å². The molecule has 2 heterocycles. The van der Waals surface area contributed by atoms with Crippen LogP contribution < -0.4 is 5.73 Å². The number of piperidine rings is 1. The summed E-state index contributed by atoms with van der Waals surface area (Å²) in [5, 5.41) is 0. The van der Waals surface area contributed by atoms with E-state index in [1.807, 2.05) is 0 Å². The van der Waals surface area contributed by atoms with Crippen LogP contribution in [-0.4, -0.2) is 37.3 Å². The number of nitrogens with zero attached hydrogens (tertiary/aromatic N) is 1. The van der Waals surface area contributed by atoms with E-state index in [2.05, 4.69) is 11.9 Å². The summed E-state index contributed by atoms with van der Waals surface area (Å²) in [6, 6.07) is 1.59. The fourth-order valence-electron chi connectivity index (χ4n) is 2.26. The summed E-state index contributed by atoms with van der Waals surface area (Å²) < 4.78 is 26.1. The minimum absolute atomic E-state index is 0.262. The molecule has 6 heteroatoms. The third-order valence-electron chi connectivity index (χ3n) is 3.59. The Balaban J connectivity index is 2.19. The van der Waals surface area contributed by atoms with Gasteiger partial charge in [0.15, 0.2) is 0 Å². The average molecular weight is 257 g/mol. The van der Waals surface area contributed by atoms with Gasteiger partial charge in [-0.25, -0.2) is 8.42 Å². The van der Waals surface area contributed by atoms with E-state index >= 15 is 0 Å². The standard InChI is InChI=1S/C11H19N3O2S/c1-9-3-5-14(8-10(9)6-12)17(15,16)11-2-4-13-7-11/h2,4,7,9-10,13H,3,5-6,8,12H2,1H3. The second-order valence-electron chi connectivity index (χ2n) is 4.67. The highest BCUT2D eigenvalue weighted by Crippen LogP contribution is 2.26. The zero-order valence-corrected chi connectivity index (χ0v) is 10.8. The topological polar surface area (TPSA) is 79.2 Å². The van der Waals surface area contributed by atoms with Gasteiger partial charge in [0.25, 0.3) is 0 Å². The van der Waals surface area contributed by atoms with Crippen molar-refractivity contribution in [3.8, 4) is 0 Å². The molecule has 2 rings (SSSR count). The molecule has 0 radical (unpaired) electrons. The van der Waals surface area contributed by atoms with Gasteiger partial charge in [0.05, 0.1) is 4.90 Å². The Labute approximate surface area is 102 Å². The Kier molecular flexibility index (Phi) is 3.56. The fraction of sp³-hybridized carbons (Fsp3) is 0.636. The number of rotatable bonds is 3. The van der Waals surface area contributed by atoms with Gasteiger partial charge in [-0.15, -0.1) is 0 Å². The zero-order chi connectivity index (χ0) is 12.5. The van der Waals surface area contributed by atoms with E-state index in [-0.39, 0.29) is 5.92 Å². The van der Waals surface area contributed by atoms with Gasteiger partial charge in [-0.3, -0.25) is 0 Å². The molecule has 1 aliphatic heterocycles. The largest absolute Gasteiger partial charge is 0.366 e. The Morgan fingerprint density at radius 2 is 2.35 bits per heavy atom. The molecule has 1 aliphatic rings. The number of aromatic amines is 1. The van der Waals surface area contributed by atoms with Gasteiger partial charge in [-0.2, -0.15) is 4.31 Å². The molecule has 17 heavy (non-hydrogen) atoms. The maximum absolute atomic E-state index is 12.3. The van der Waals surface area contributed by atoms with Crippen LogP contribution in [0, 0.1) is 11.8 Å². The Morgan fingerprint density at radius 1 is 1.59 bits per heavy atom. The van der Waals surface area contributed by atoms with Crippen LogP contribution in [0.5, 0.6) is 0 Å². The lowest BCUT2D eigenvalue weighted by Crippen LogP contribution is -2.45. The molecule has 3 N–H and O–H groups in total. The molecule has 0 amide bonds. The maximum atomic E-state index is 12.3. The van der Waals surface area contributed by atoms with Gasteiger partial charge in [0.1, 0.15) is 0 Å². The van der Waals surface area contributed by atoms with Crippen LogP contribution in [-0.2, 0) is 10.0 Å². The zero-order valence-electron chi connectivity index (χ0n) is 9.96. The Morgan fingerprint density at radius 3 is 2.94 bits per heavy atom. The van der Waals surface area contributed by atoms with Gasteiger partial charge in [-0.05, 0) is 30.9 Å². The molecule has 0 spiro atoms. The van der Waals surface area contributed by atoms with Crippen molar-refractivity contribution in [2.45, 2.75) is 18.2 Å². The molecule has 5 nitrogen and oxygen atoms in total. The predicted molar refractivity (Wildman–Crippen MR) is 65.9 cm³/mol. The van der Waals surface area contributed by atoms with Crippen molar-refractivity contribution < 1.29 is 8.42 Å². The molecule has 1 aromatic rings. The molecule has 96 valence electrons. The summed E-state index contributed by atoms with van der Waals surface area (Å²) in [6.07, 6.45) is 4.02. The van der Waals surface area contributed by atoms with Crippen molar-refractivity contribution in [3.05, 3.63) is 18.5 Å². The molecule has 2 unspecified atom stereocenters. The maximum Gasteiger partial charge on any atom is 0.244 e. The van der Waals surface area contributed by atoms with Gasteiger partial charge in [0, 0.05) is 25.5 Å². The first-order valence-corrected chi connectivity index (χ1v) is 7.32. The average Bonchev–Trinajstić information content (AvgIpc) is 2.83. The Bertz CT molecular complexity index is 455. The second-order valence-corrected chi connectivity index (χ2v) is 6.61. The van der Waals surface area contributed by atoms with Gasteiger partial charge in [0.2, 0.25) is 10.0 Å². The lowest BCUT2D eigenvalue weighted by Gasteiger charge is -2.35. The summed E-state index contributed by atoms with van der Waals surface area (Å²) in [5.74, 6) is 0.759. The first-order chi connectivity index (χ1) is 8.05. The van der Waals surface area contributed by atoms with E-state index in [1.54, 1.807) is 16.6 Å². The van der Waals surface area contributed by atoms with Crippen LogP contribution in [0.1, 0.15) is 13.3 Å². The molecule has 0 aromatic carbocycles. The molecule has 0 saturated carbocycles. The van der Waals surface area contributed by atoms with Crippen molar-refractivity contribution in [2.24, 2.45) is 17.6 Å². The van der Waals surface area contributed by atoms with Crippen LogP contribution >= 0.6 is 0 Å². The van der Waals surface area contributed by atoms with Crippen LogP contribution in [0.2, 0.25) is 0 Å². The number of hydrogen-bond donors (Lipinski definition) is 2. The van der Waals surface area contributed by atoms with Crippen molar-refractivity contribution in [2.75, 3.05) is 19.6 Å². The molecule has 1 aromatic heterocycles. The normalized spacial score (nSPS) is 27.2. The number of sulfonamides is 1. The summed E-state index contributed by atoms with van der Waals surface area (Å²) in [6.45, 7) is 3.80. The van der Waals surface area contributed by atoms with Crippen LogP contribution in [0.4, 0.5) is 0 Å². The lowest BCUT2D eigenvalue weighted by atomic mass is 9.88. The van der Waals surface area contributed by atoms with E-state index in [1.165, 1.54) is 6.20 Å². The van der Waals surface area contributed by atoms with E-state index < -0.39 is 10.0 Å². The van der Waals surface area contributed by atoms with E-state index in [0.717, 1.165) is 6.42 Å². The highest BCUT2D eigenvalue weighted by atomic mass is 32.2. The van der Waals surface area contributed by atoms with E-state index in [9.17, 15) is 8.42 Å². The smallest absolute Gasteiger partial charge is 0.244 e.